The van der Waals surface area contributed by atoms with Gasteiger partial charge in [0.1, 0.15) is 6.54 Å². The summed E-state index contributed by atoms with van der Waals surface area (Å²) in [7, 11) is 1.42. The quantitative estimate of drug-likeness (QED) is 0.769. The number of hydrogen-bond acceptors (Lipinski definition) is 3. The Morgan fingerprint density at radius 3 is 2.88 bits per heavy atom. The fourth-order valence-corrected chi connectivity index (χ4v) is 1.09. The molecule has 1 heterocycles. The number of aliphatic carboxylic acids is 1. The molecule has 16 heavy (non-hydrogen) atoms. The number of carboxylic acids is 1. The van der Waals surface area contributed by atoms with Crippen LogP contribution in [-0.4, -0.2) is 40.6 Å². The fraction of sp³-hybridized carbons (Fsp3) is 0.300. The van der Waals surface area contributed by atoms with E-state index in [9.17, 15) is 9.59 Å². The van der Waals surface area contributed by atoms with Gasteiger partial charge in [0.2, 0.25) is 0 Å². The highest BCUT2D eigenvalue weighted by Crippen LogP contribution is 1.95. The first kappa shape index (κ1) is 12.0. The van der Waals surface area contributed by atoms with Crippen molar-refractivity contribution in [3.8, 4) is 0 Å². The largest absolute Gasteiger partial charge is 0.480 e. The number of aromatic nitrogens is 1. The van der Waals surface area contributed by atoms with Crippen LogP contribution in [0, 0.1) is 0 Å². The molecule has 0 saturated carbocycles. The minimum absolute atomic E-state index is 0.321. The van der Waals surface area contributed by atoms with Crippen molar-refractivity contribution in [2.45, 2.75) is 6.54 Å². The van der Waals surface area contributed by atoms with Crippen LogP contribution in [0.1, 0.15) is 5.56 Å². The number of rotatable bonds is 4. The van der Waals surface area contributed by atoms with Gasteiger partial charge in [-0.25, -0.2) is 4.79 Å². The SMILES string of the molecule is CN(CC(=O)O)C(=O)NCc1cccnc1. The Morgan fingerprint density at radius 2 is 2.31 bits per heavy atom. The number of hydrogen-bond donors (Lipinski definition) is 2. The number of carboxylic acid groups (broad SMARTS) is 1. The molecule has 0 spiro atoms. The molecule has 0 aliphatic heterocycles. The molecule has 6 nitrogen and oxygen atoms in total. The highest BCUT2D eigenvalue weighted by molar-refractivity contribution is 5.79. The average molecular weight is 223 g/mol. The van der Waals surface area contributed by atoms with Gasteiger partial charge in [-0.05, 0) is 11.6 Å². The summed E-state index contributed by atoms with van der Waals surface area (Å²) in [4.78, 5) is 26.7. The van der Waals surface area contributed by atoms with Crippen LogP contribution in [0.3, 0.4) is 0 Å². The fourth-order valence-electron chi connectivity index (χ4n) is 1.09. The van der Waals surface area contributed by atoms with Gasteiger partial charge in [0.05, 0.1) is 0 Å². The molecule has 0 radical (unpaired) electrons. The Bertz CT molecular complexity index is 367. The Kier molecular flexibility index (Phi) is 4.26. The molecule has 0 bridgehead atoms. The van der Waals surface area contributed by atoms with Gasteiger partial charge in [-0.3, -0.25) is 9.78 Å². The average Bonchev–Trinajstić information content (AvgIpc) is 2.26. The Balaban J connectivity index is 2.38. The highest BCUT2D eigenvalue weighted by atomic mass is 16.4. The maximum absolute atomic E-state index is 11.4. The minimum atomic E-state index is -1.04. The van der Waals surface area contributed by atoms with E-state index in [0.717, 1.165) is 10.5 Å². The summed E-state index contributed by atoms with van der Waals surface area (Å²) >= 11 is 0. The number of carbonyl (C=O) groups excluding carboxylic acids is 1. The van der Waals surface area contributed by atoms with Gasteiger partial charge in [0, 0.05) is 26.0 Å². The second-order valence-corrected chi connectivity index (χ2v) is 3.27. The highest BCUT2D eigenvalue weighted by Gasteiger charge is 2.10. The first-order valence-corrected chi connectivity index (χ1v) is 4.69. The summed E-state index contributed by atoms with van der Waals surface area (Å²) in [5, 5.41) is 11.1. The summed E-state index contributed by atoms with van der Waals surface area (Å²) < 4.78 is 0. The second kappa shape index (κ2) is 5.69. The Morgan fingerprint density at radius 1 is 1.56 bits per heavy atom. The van der Waals surface area contributed by atoms with Crippen LogP contribution in [0.25, 0.3) is 0 Å². The topological polar surface area (TPSA) is 82.5 Å². The number of carbonyl (C=O) groups is 2. The maximum atomic E-state index is 11.4. The van der Waals surface area contributed by atoms with E-state index in [2.05, 4.69) is 10.3 Å². The summed E-state index contributed by atoms with van der Waals surface area (Å²) in [6, 6.07) is 3.17. The lowest BCUT2D eigenvalue weighted by atomic mass is 10.3. The van der Waals surface area contributed by atoms with Crippen molar-refractivity contribution in [3.63, 3.8) is 0 Å². The first-order valence-electron chi connectivity index (χ1n) is 4.69. The van der Waals surface area contributed by atoms with Gasteiger partial charge in [-0.15, -0.1) is 0 Å². The summed E-state index contributed by atoms with van der Waals surface area (Å²) in [5.74, 6) is -1.04. The molecule has 2 N–H and O–H groups in total. The molecular weight excluding hydrogens is 210 g/mol. The van der Waals surface area contributed by atoms with E-state index in [4.69, 9.17) is 5.11 Å². The molecule has 1 aromatic heterocycles. The molecular formula is C10H13N3O3. The van der Waals surface area contributed by atoms with E-state index in [0.29, 0.717) is 6.54 Å². The normalized spacial score (nSPS) is 9.56. The number of urea groups is 1. The third kappa shape index (κ3) is 3.95. The third-order valence-electron chi connectivity index (χ3n) is 1.89. The number of likely N-dealkylation sites (N-methyl/N-ethyl adjacent to an activating group) is 1. The molecule has 1 rings (SSSR count). The standard InChI is InChI=1S/C10H13N3O3/c1-13(7-9(14)15)10(16)12-6-8-3-2-4-11-5-8/h2-5H,6-7H2,1H3,(H,12,16)(H,14,15). The van der Waals surface area contributed by atoms with Crippen LogP contribution >= 0.6 is 0 Å². The van der Waals surface area contributed by atoms with E-state index in [1.54, 1.807) is 18.5 Å². The number of nitrogens with one attached hydrogen (secondary N) is 1. The zero-order chi connectivity index (χ0) is 12.0. The lowest BCUT2D eigenvalue weighted by molar-refractivity contribution is -0.137. The summed E-state index contributed by atoms with van der Waals surface area (Å²) in [5.41, 5.74) is 0.861. The second-order valence-electron chi connectivity index (χ2n) is 3.27. The number of pyridine rings is 1. The van der Waals surface area contributed by atoms with Crippen molar-refractivity contribution in [2.24, 2.45) is 0 Å². The predicted octanol–water partition coefficient (Wildman–Crippen LogP) is 0.308. The van der Waals surface area contributed by atoms with Crippen LogP contribution in [-0.2, 0) is 11.3 Å². The van der Waals surface area contributed by atoms with Gasteiger partial charge < -0.3 is 15.3 Å². The molecule has 0 unspecified atom stereocenters. The molecule has 2 amide bonds. The van der Waals surface area contributed by atoms with Crippen LogP contribution in [0.15, 0.2) is 24.5 Å². The third-order valence-corrected chi connectivity index (χ3v) is 1.89. The molecule has 0 aliphatic rings. The van der Waals surface area contributed by atoms with Crippen molar-refractivity contribution in [3.05, 3.63) is 30.1 Å². The van der Waals surface area contributed by atoms with Gasteiger partial charge >= 0.3 is 12.0 Å². The smallest absolute Gasteiger partial charge is 0.323 e. The zero-order valence-electron chi connectivity index (χ0n) is 8.88. The number of amides is 2. The summed E-state index contributed by atoms with van der Waals surface area (Å²) in [6.45, 7) is 0.00943. The van der Waals surface area contributed by atoms with Crippen molar-refractivity contribution >= 4 is 12.0 Å². The van der Waals surface area contributed by atoms with Gasteiger partial charge in [0.25, 0.3) is 0 Å². The molecule has 0 aliphatic carbocycles. The van der Waals surface area contributed by atoms with Crippen LogP contribution in [0.2, 0.25) is 0 Å². The van der Waals surface area contributed by atoms with Gasteiger partial charge in [0.15, 0.2) is 0 Å². The van der Waals surface area contributed by atoms with Gasteiger partial charge in [-0.1, -0.05) is 6.07 Å². The van der Waals surface area contributed by atoms with Gasteiger partial charge in [-0.2, -0.15) is 0 Å². The molecule has 0 fully saturated rings. The lowest BCUT2D eigenvalue weighted by Gasteiger charge is -2.15. The molecule has 86 valence electrons. The molecule has 0 aromatic carbocycles. The van der Waals surface area contributed by atoms with E-state index in [1.807, 2.05) is 6.07 Å². The molecule has 0 atom stereocenters. The monoisotopic (exact) mass is 223 g/mol. The van der Waals surface area contributed by atoms with Crippen molar-refractivity contribution in [1.82, 2.24) is 15.2 Å². The zero-order valence-corrected chi connectivity index (χ0v) is 8.88. The van der Waals surface area contributed by atoms with Crippen LogP contribution in [0.4, 0.5) is 4.79 Å². The number of nitrogens with zero attached hydrogens (tertiary/aromatic N) is 2. The van der Waals surface area contributed by atoms with Crippen LogP contribution < -0.4 is 5.32 Å². The van der Waals surface area contributed by atoms with E-state index in [-0.39, 0.29) is 6.54 Å². The predicted molar refractivity (Wildman–Crippen MR) is 56.7 cm³/mol. The van der Waals surface area contributed by atoms with Crippen molar-refractivity contribution in [1.29, 1.82) is 0 Å². The minimum Gasteiger partial charge on any atom is -0.480 e. The van der Waals surface area contributed by atoms with Crippen molar-refractivity contribution in [2.75, 3.05) is 13.6 Å². The van der Waals surface area contributed by atoms with E-state index in [1.165, 1.54) is 7.05 Å². The maximum Gasteiger partial charge on any atom is 0.323 e. The first-order chi connectivity index (χ1) is 7.59. The molecule has 6 heteroatoms. The van der Waals surface area contributed by atoms with Crippen LogP contribution in [0.5, 0.6) is 0 Å². The Hall–Kier alpha value is -2.11. The van der Waals surface area contributed by atoms with Crippen molar-refractivity contribution < 1.29 is 14.7 Å². The van der Waals surface area contributed by atoms with E-state index >= 15 is 0 Å². The molecule has 1 aromatic rings. The summed E-state index contributed by atoms with van der Waals surface area (Å²) in [6.07, 6.45) is 3.28. The van der Waals surface area contributed by atoms with E-state index < -0.39 is 12.0 Å². The lowest BCUT2D eigenvalue weighted by Crippen LogP contribution is -2.39. The molecule has 0 saturated heterocycles. The Labute approximate surface area is 92.9 Å².